The van der Waals surface area contributed by atoms with Gasteiger partial charge >= 0.3 is 0 Å². The Kier molecular flexibility index (Phi) is 3.56. The number of aromatic hydroxyl groups is 1. The predicted molar refractivity (Wildman–Crippen MR) is 74.9 cm³/mol. The summed E-state index contributed by atoms with van der Waals surface area (Å²) in [6.45, 7) is 3.62. The lowest BCUT2D eigenvalue weighted by Crippen LogP contribution is -2.30. The minimum Gasteiger partial charge on any atom is -0.508 e. The molecule has 6 heteroatoms. The number of fused-ring (bicyclic) bond motifs is 1. The van der Waals surface area contributed by atoms with Crippen molar-refractivity contribution in [1.29, 1.82) is 0 Å². The van der Waals surface area contributed by atoms with Gasteiger partial charge in [-0.05, 0) is 31.4 Å². The Morgan fingerprint density at radius 1 is 1.35 bits per heavy atom. The minimum atomic E-state index is -0.603. The first-order valence-electron chi connectivity index (χ1n) is 6.11. The molecule has 0 saturated carbocycles. The van der Waals surface area contributed by atoms with Gasteiger partial charge in [0.25, 0.3) is 11.6 Å². The Bertz CT molecular complexity index is 695. The van der Waals surface area contributed by atoms with Crippen LogP contribution in [-0.4, -0.2) is 22.0 Å². The Labute approximate surface area is 115 Å². The molecule has 104 valence electrons. The number of phenols is 1. The summed E-state index contributed by atoms with van der Waals surface area (Å²) in [6.07, 6.45) is 0. The lowest BCUT2D eigenvalue weighted by atomic mass is 10.0. The summed E-state index contributed by atoms with van der Waals surface area (Å²) >= 11 is 0. The number of hydrogen-bond acceptors (Lipinski definition) is 4. The number of benzene rings is 2. The van der Waals surface area contributed by atoms with Gasteiger partial charge in [0.15, 0.2) is 0 Å². The highest BCUT2D eigenvalue weighted by Gasteiger charge is 2.20. The van der Waals surface area contributed by atoms with E-state index in [1.165, 1.54) is 12.1 Å². The molecule has 0 bridgehead atoms. The van der Waals surface area contributed by atoms with Gasteiger partial charge in [-0.1, -0.05) is 12.1 Å². The van der Waals surface area contributed by atoms with Crippen molar-refractivity contribution < 1.29 is 14.8 Å². The van der Waals surface area contributed by atoms with E-state index in [0.29, 0.717) is 5.39 Å². The third-order valence-electron chi connectivity index (χ3n) is 2.80. The molecule has 0 atom stereocenters. The van der Waals surface area contributed by atoms with Crippen LogP contribution in [0.5, 0.6) is 5.75 Å². The van der Waals surface area contributed by atoms with E-state index in [1.807, 2.05) is 13.8 Å². The van der Waals surface area contributed by atoms with Crippen LogP contribution in [0.1, 0.15) is 24.2 Å². The van der Waals surface area contributed by atoms with Crippen LogP contribution in [0.25, 0.3) is 10.8 Å². The number of nitrogens with zero attached hydrogens (tertiary/aromatic N) is 1. The van der Waals surface area contributed by atoms with Crippen molar-refractivity contribution in [2.75, 3.05) is 0 Å². The van der Waals surface area contributed by atoms with Crippen molar-refractivity contribution in [3.8, 4) is 5.75 Å². The molecule has 2 aromatic carbocycles. The molecule has 0 unspecified atom stereocenters. The number of amides is 1. The molecule has 0 aliphatic carbocycles. The summed E-state index contributed by atoms with van der Waals surface area (Å²) in [4.78, 5) is 22.7. The van der Waals surface area contributed by atoms with Crippen molar-refractivity contribution in [1.82, 2.24) is 5.32 Å². The molecule has 0 aliphatic rings. The number of hydrogen-bond donors (Lipinski definition) is 2. The molecule has 0 heterocycles. The molecule has 0 radical (unpaired) electrons. The van der Waals surface area contributed by atoms with Crippen LogP contribution >= 0.6 is 0 Å². The largest absolute Gasteiger partial charge is 0.508 e. The summed E-state index contributed by atoms with van der Waals surface area (Å²) in [5.74, 6) is -0.579. The lowest BCUT2D eigenvalue weighted by molar-refractivity contribution is -0.383. The molecule has 20 heavy (non-hydrogen) atoms. The third-order valence-corrected chi connectivity index (χ3v) is 2.80. The Morgan fingerprint density at radius 2 is 2.05 bits per heavy atom. The molecule has 0 spiro atoms. The summed E-state index contributed by atoms with van der Waals surface area (Å²) in [7, 11) is 0. The number of phenolic OH excluding ortho intramolecular Hbond substituents is 1. The first-order valence-corrected chi connectivity index (χ1v) is 6.11. The van der Waals surface area contributed by atoms with Crippen LogP contribution in [0.15, 0.2) is 30.3 Å². The van der Waals surface area contributed by atoms with Crippen LogP contribution in [0.4, 0.5) is 5.69 Å². The van der Waals surface area contributed by atoms with Gasteiger partial charge in [0.05, 0.1) is 21.9 Å². The molecule has 0 saturated heterocycles. The zero-order chi connectivity index (χ0) is 14.9. The fraction of sp³-hybridized carbons (Fsp3) is 0.214. The Morgan fingerprint density at radius 3 is 2.65 bits per heavy atom. The third kappa shape index (κ3) is 2.54. The molecular weight excluding hydrogens is 260 g/mol. The first kappa shape index (κ1) is 13.8. The van der Waals surface area contributed by atoms with Gasteiger partial charge in [0, 0.05) is 6.04 Å². The van der Waals surface area contributed by atoms with Gasteiger partial charge in [-0.3, -0.25) is 14.9 Å². The highest BCUT2D eigenvalue weighted by molar-refractivity contribution is 6.10. The van der Waals surface area contributed by atoms with Crippen molar-refractivity contribution in [2.45, 2.75) is 19.9 Å². The smallest absolute Gasteiger partial charge is 0.281 e. The van der Waals surface area contributed by atoms with Crippen LogP contribution in [0.2, 0.25) is 0 Å². The van der Waals surface area contributed by atoms with E-state index < -0.39 is 4.92 Å². The molecule has 0 fully saturated rings. The van der Waals surface area contributed by atoms with Crippen LogP contribution in [-0.2, 0) is 0 Å². The van der Waals surface area contributed by atoms with Gasteiger partial charge in [0.1, 0.15) is 5.75 Å². The summed E-state index contributed by atoms with van der Waals surface area (Å²) < 4.78 is 0. The SMILES string of the molecule is CC(C)NC(=O)c1cccc2cc(O)cc([N+](=O)[O-])c12. The van der Waals surface area contributed by atoms with Crippen molar-refractivity contribution in [2.24, 2.45) is 0 Å². The number of rotatable bonds is 3. The maximum atomic E-state index is 12.1. The lowest BCUT2D eigenvalue weighted by Gasteiger charge is -2.11. The number of carbonyl (C=O) groups is 1. The zero-order valence-electron chi connectivity index (χ0n) is 11.1. The monoisotopic (exact) mass is 274 g/mol. The normalized spacial score (nSPS) is 10.8. The molecule has 6 nitrogen and oxygen atoms in total. The van der Waals surface area contributed by atoms with E-state index in [1.54, 1.807) is 12.1 Å². The van der Waals surface area contributed by atoms with E-state index in [0.717, 1.165) is 6.07 Å². The van der Waals surface area contributed by atoms with Crippen LogP contribution in [0, 0.1) is 10.1 Å². The zero-order valence-corrected chi connectivity index (χ0v) is 11.1. The van der Waals surface area contributed by atoms with E-state index >= 15 is 0 Å². The van der Waals surface area contributed by atoms with Gasteiger partial charge in [0.2, 0.25) is 0 Å². The highest BCUT2D eigenvalue weighted by Crippen LogP contribution is 2.33. The standard InChI is InChI=1S/C14H14N2O4/c1-8(2)15-14(18)11-5-3-4-9-6-10(17)7-12(13(9)11)16(19)20/h3-8,17H,1-2H3,(H,15,18). The number of non-ortho nitro benzene ring substituents is 1. The number of nitro groups is 1. The second kappa shape index (κ2) is 5.16. The van der Waals surface area contributed by atoms with Gasteiger partial charge < -0.3 is 10.4 Å². The molecule has 2 aromatic rings. The van der Waals surface area contributed by atoms with Crippen molar-refractivity contribution in [3.05, 3.63) is 46.0 Å². The Hall–Kier alpha value is -2.63. The minimum absolute atomic E-state index is 0.0751. The first-order chi connectivity index (χ1) is 9.40. The summed E-state index contributed by atoms with van der Waals surface area (Å²) in [5.41, 5.74) is -0.0580. The average molecular weight is 274 g/mol. The van der Waals surface area contributed by atoms with Gasteiger partial charge in [-0.15, -0.1) is 0 Å². The average Bonchev–Trinajstić information content (AvgIpc) is 2.35. The van der Waals surface area contributed by atoms with Crippen LogP contribution < -0.4 is 5.32 Å². The van der Waals surface area contributed by atoms with Gasteiger partial charge in [-0.25, -0.2) is 0 Å². The summed E-state index contributed by atoms with van der Waals surface area (Å²) in [6, 6.07) is 7.15. The topological polar surface area (TPSA) is 92.5 Å². The number of nitrogens with one attached hydrogen (secondary N) is 1. The number of nitro benzene ring substituents is 1. The quantitative estimate of drug-likeness (QED) is 0.664. The van der Waals surface area contributed by atoms with Crippen molar-refractivity contribution >= 4 is 22.4 Å². The van der Waals surface area contributed by atoms with E-state index in [-0.39, 0.29) is 34.3 Å². The second-order valence-corrected chi connectivity index (χ2v) is 4.75. The Balaban J connectivity index is 2.73. The predicted octanol–water partition coefficient (Wildman–Crippen LogP) is 2.59. The molecule has 0 aliphatic heterocycles. The second-order valence-electron chi connectivity index (χ2n) is 4.75. The van der Waals surface area contributed by atoms with E-state index in [4.69, 9.17) is 0 Å². The maximum Gasteiger partial charge on any atom is 0.281 e. The molecule has 2 N–H and O–H groups in total. The molecular formula is C14H14N2O4. The summed E-state index contributed by atoms with van der Waals surface area (Å²) in [5, 5.41) is 24.0. The van der Waals surface area contributed by atoms with Crippen LogP contribution in [0.3, 0.4) is 0 Å². The fourth-order valence-electron chi connectivity index (χ4n) is 2.06. The maximum absolute atomic E-state index is 12.1. The molecule has 0 aromatic heterocycles. The molecule has 2 rings (SSSR count). The van der Waals surface area contributed by atoms with E-state index in [2.05, 4.69) is 5.32 Å². The van der Waals surface area contributed by atoms with Gasteiger partial charge in [-0.2, -0.15) is 0 Å². The highest BCUT2D eigenvalue weighted by atomic mass is 16.6. The van der Waals surface area contributed by atoms with E-state index in [9.17, 15) is 20.0 Å². The fourth-order valence-corrected chi connectivity index (χ4v) is 2.06. The number of carbonyl (C=O) groups excluding carboxylic acids is 1. The van der Waals surface area contributed by atoms with Crippen molar-refractivity contribution in [3.63, 3.8) is 0 Å². The molecule has 1 amide bonds.